The van der Waals surface area contributed by atoms with Gasteiger partial charge in [-0.05, 0) is 47.9 Å². The summed E-state index contributed by atoms with van der Waals surface area (Å²) in [4.78, 5) is 0. The minimum atomic E-state index is -0.343. The highest BCUT2D eigenvalue weighted by Crippen LogP contribution is 2.28. The lowest BCUT2D eigenvalue weighted by atomic mass is 9.98. The zero-order chi connectivity index (χ0) is 14.7. The molecule has 5 N–H and O–H groups in total. The lowest BCUT2D eigenvalue weighted by Crippen LogP contribution is -2.30. The summed E-state index contributed by atoms with van der Waals surface area (Å²) in [6, 6.07) is 9.10. The molecule has 0 aliphatic rings. The van der Waals surface area contributed by atoms with Crippen LogP contribution in [0.4, 0.5) is 10.1 Å². The van der Waals surface area contributed by atoms with E-state index in [1.807, 2.05) is 0 Å². The van der Waals surface area contributed by atoms with Crippen molar-refractivity contribution >= 4 is 28.9 Å². The van der Waals surface area contributed by atoms with E-state index in [2.05, 4.69) is 5.43 Å². The van der Waals surface area contributed by atoms with Gasteiger partial charge in [-0.1, -0.05) is 29.3 Å². The third-order valence-corrected chi connectivity index (χ3v) is 3.66. The van der Waals surface area contributed by atoms with Crippen LogP contribution in [0.15, 0.2) is 36.4 Å². The number of hydrogen-bond donors (Lipinski definition) is 3. The Kier molecular flexibility index (Phi) is 4.83. The molecule has 6 heteroatoms. The molecule has 1 unspecified atom stereocenters. The van der Waals surface area contributed by atoms with E-state index in [4.69, 9.17) is 34.8 Å². The van der Waals surface area contributed by atoms with Crippen molar-refractivity contribution in [3.8, 4) is 0 Å². The maximum atomic E-state index is 13.3. The molecule has 0 amide bonds. The van der Waals surface area contributed by atoms with Crippen LogP contribution in [0, 0.1) is 5.82 Å². The minimum absolute atomic E-state index is 0.286. The van der Waals surface area contributed by atoms with Gasteiger partial charge in [0, 0.05) is 15.7 Å². The second kappa shape index (κ2) is 6.41. The van der Waals surface area contributed by atoms with Gasteiger partial charge in [-0.2, -0.15) is 0 Å². The first kappa shape index (κ1) is 15.1. The molecule has 0 bridgehead atoms. The molecule has 0 radical (unpaired) electrons. The predicted octanol–water partition coefficient (Wildman–Crippen LogP) is 3.46. The maximum Gasteiger partial charge on any atom is 0.123 e. The van der Waals surface area contributed by atoms with Crippen molar-refractivity contribution in [3.63, 3.8) is 0 Å². The van der Waals surface area contributed by atoms with Crippen LogP contribution < -0.4 is 17.0 Å². The van der Waals surface area contributed by atoms with Crippen molar-refractivity contribution in [2.75, 3.05) is 5.73 Å². The highest BCUT2D eigenvalue weighted by Gasteiger charge is 2.16. The fourth-order valence-electron chi connectivity index (χ4n) is 2.04. The lowest BCUT2D eigenvalue weighted by Gasteiger charge is -2.19. The van der Waals surface area contributed by atoms with Crippen molar-refractivity contribution in [2.24, 2.45) is 5.84 Å². The Labute approximate surface area is 126 Å². The Balaban J connectivity index is 2.31. The molecule has 0 heterocycles. The lowest BCUT2D eigenvalue weighted by molar-refractivity contribution is 0.550. The molecule has 2 rings (SSSR count). The summed E-state index contributed by atoms with van der Waals surface area (Å²) < 4.78 is 13.3. The van der Waals surface area contributed by atoms with E-state index in [1.165, 1.54) is 18.2 Å². The fraction of sp³-hybridized carbons (Fsp3) is 0.143. The summed E-state index contributed by atoms with van der Waals surface area (Å²) in [6.07, 6.45) is 0.416. The summed E-state index contributed by atoms with van der Waals surface area (Å²) in [6.45, 7) is 0. The van der Waals surface area contributed by atoms with E-state index in [0.29, 0.717) is 27.7 Å². The van der Waals surface area contributed by atoms with E-state index in [-0.39, 0.29) is 11.9 Å². The number of anilines is 1. The summed E-state index contributed by atoms with van der Waals surface area (Å²) in [7, 11) is 0. The number of nitrogens with one attached hydrogen (secondary N) is 1. The van der Waals surface area contributed by atoms with Crippen LogP contribution in [0.1, 0.15) is 17.2 Å². The van der Waals surface area contributed by atoms with Crippen molar-refractivity contribution in [1.29, 1.82) is 0 Å². The van der Waals surface area contributed by atoms with Gasteiger partial charge in [0.05, 0.1) is 6.04 Å². The second-order valence-electron chi connectivity index (χ2n) is 4.43. The molecule has 2 aromatic carbocycles. The first-order chi connectivity index (χ1) is 9.51. The third kappa shape index (κ3) is 3.41. The van der Waals surface area contributed by atoms with Crippen LogP contribution in [-0.4, -0.2) is 0 Å². The number of halogens is 3. The van der Waals surface area contributed by atoms with Crippen LogP contribution >= 0.6 is 23.2 Å². The first-order valence-corrected chi connectivity index (χ1v) is 6.72. The molecule has 2 aromatic rings. The zero-order valence-corrected chi connectivity index (χ0v) is 12.0. The van der Waals surface area contributed by atoms with Crippen LogP contribution in [-0.2, 0) is 6.42 Å². The van der Waals surface area contributed by atoms with Gasteiger partial charge in [0.2, 0.25) is 0 Å². The highest BCUT2D eigenvalue weighted by molar-refractivity contribution is 6.31. The minimum Gasteiger partial charge on any atom is -0.398 e. The van der Waals surface area contributed by atoms with Gasteiger partial charge in [0.25, 0.3) is 0 Å². The first-order valence-electron chi connectivity index (χ1n) is 5.96. The van der Waals surface area contributed by atoms with Gasteiger partial charge in [-0.3, -0.25) is 11.3 Å². The Morgan fingerprint density at radius 2 is 1.90 bits per heavy atom. The summed E-state index contributed by atoms with van der Waals surface area (Å²) in [5, 5.41) is 1.03. The predicted molar refractivity (Wildman–Crippen MR) is 81.0 cm³/mol. The SMILES string of the molecule is NNC(Cc1cc(F)ccc1Cl)c1ccc(Cl)cc1N. The molecule has 0 saturated carbocycles. The van der Waals surface area contributed by atoms with Gasteiger partial charge in [-0.25, -0.2) is 4.39 Å². The average molecular weight is 314 g/mol. The third-order valence-electron chi connectivity index (χ3n) is 3.06. The van der Waals surface area contributed by atoms with E-state index < -0.39 is 0 Å². The molecule has 0 aromatic heterocycles. The fourth-order valence-corrected chi connectivity index (χ4v) is 2.42. The number of nitrogens with two attached hydrogens (primary N) is 2. The summed E-state index contributed by atoms with van der Waals surface area (Å²) >= 11 is 11.9. The Hall–Kier alpha value is -1.33. The van der Waals surface area contributed by atoms with Gasteiger partial charge in [-0.15, -0.1) is 0 Å². The normalized spacial score (nSPS) is 12.4. The number of rotatable bonds is 4. The van der Waals surface area contributed by atoms with Crippen LogP contribution in [0.2, 0.25) is 10.0 Å². The molecule has 20 heavy (non-hydrogen) atoms. The molecule has 3 nitrogen and oxygen atoms in total. The van der Waals surface area contributed by atoms with Crippen LogP contribution in [0.3, 0.4) is 0 Å². The molecular weight excluding hydrogens is 300 g/mol. The maximum absolute atomic E-state index is 13.3. The molecule has 0 saturated heterocycles. The standard InChI is InChI=1S/C14H14Cl2FN3/c15-9-1-3-11(13(18)7-9)14(20-19)6-8-5-10(17)2-4-12(8)16/h1-5,7,14,20H,6,18-19H2. The van der Waals surface area contributed by atoms with E-state index in [1.54, 1.807) is 18.2 Å². The molecule has 0 aliphatic carbocycles. The van der Waals surface area contributed by atoms with Gasteiger partial charge < -0.3 is 5.73 Å². The van der Waals surface area contributed by atoms with Crippen molar-refractivity contribution in [2.45, 2.75) is 12.5 Å². The van der Waals surface area contributed by atoms with Crippen molar-refractivity contribution in [1.82, 2.24) is 5.43 Å². The molecular formula is C14H14Cl2FN3. The van der Waals surface area contributed by atoms with Crippen molar-refractivity contribution in [3.05, 3.63) is 63.4 Å². The number of benzene rings is 2. The van der Waals surface area contributed by atoms with Gasteiger partial charge >= 0.3 is 0 Å². The van der Waals surface area contributed by atoms with Crippen molar-refractivity contribution < 1.29 is 4.39 Å². The monoisotopic (exact) mass is 313 g/mol. The average Bonchev–Trinajstić information content (AvgIpc) is 2.40. The van der Waals surface area contributed by atoms with E-state index in [0.717, 1.165) is 5.56 Å². The number of hydrazine groups is 1. The number of nitrogen functional groups attached to an aromatic ring is 1. The highest BCUT2D eigenvalue weighted by atomic mass is 35.5. The molecule has 0 spiro atoms. The summed E-state index contributed by atoms with van der Waals surface area (Å²) in [5.74, 6) is 5.23. The van der Waals surface area contributed by atoms with E-state index >= 15 is 0 Å². The zero-order valence-electron chi connectivity index (χ0n) is 10.5. The second-order valence-corrected chi connectivity index (χ2v) is 5.28. The molecule has 1 atom stereocenters. The topological polar surface area (TPSA) is 64.1 Å². The molecule has 106 valence electrons. The Morgan fingerprint density at radius 1 is 1.15 bits per heavy atom. The van der Waals surface area contributed by atoms with Gasteiger partial charge in [0.15, 0.2) is 0 Å². The van der Waals surface area contributed by atoms with E-state index in [9.17, 15) is 4.39 Å². The number of hydrogen-bond acceptors (Lipinski definition) is 3. The summed E-state index contributed by atoms with van der Waals surface area (Å²) in [5.41, 5.74) is 10.6. The smallest absolute Gasteiger partial charge is 0.123 e. The quantitative estimate of drug-likeness (QED) is 0.460. The largest absolute Gasteiger partial charge is 0.398 e. The Morgan fingerprint density at radius 3 is 2.55 bits per heavy atom. The molecule has 0 aliphatic heterocycles. The van der Waals surface area contributed by atoms with Gasteiger partial charge in [0.1, 0.15) is 5.82 Å². The molecule has 0 fully saturated rings. The Bertz CT molecular complexity index is 619. The van der Waals surface area contributed by atoms with Crippen LogP contribution in [0.5, 0.6) is 0 Å². The van der Waals surface area contributed by atoms with Crippen LogP contribution in [0.25, 0.3) is 0 Å².